The number of aliphatic hydroxyl groups is 1. The molecule has 19 heavy (non-hydrogen) atoms. The Kier molecular flexibility index (Phi) is 4.61. The quantitative estimate of drug-likeness (QED) is 0.867. The molecule has 0 saturated carbocycles. The third-order valence-electron chi connectivity index (χ3n) is 2.81. The maximum absolute atomic E-state index is 13.8. The zero-order valence-corrected chi connectivity index (χ0v) is 11.6. The van der Waals surface area contributed by atoms with Crippen LogP contribution in [0.4, 0.5) is 8.78 Å². The van der Waals surface area contributed by atoms with Gasteiger partial charge in [0.2, 0.25) is 0 Å². The van der Waals surface area contributed by atoms with Crippen molar-refractivity contribution in [3.05, 3.63) is 63.9 Å². The number of hydrogen-bond acceptors (Lipinski definition) is 2. The van der Waals surface area contributed by atoms with Gasteiger partial charge in [-0.25, -0.2) is 8.78 Å². The van der Waals surface area contributed by atoms with E-state index in [9.17, 15) is 13.9 Å². The molecule has 0 fully saturated rings. The van der Waals surface area contributed by atoms with Gasteiger partial charge in [0.05, 0.1) is 16.1 Å². The van der Waals surface area contributed by atoms with Gasteiger partial charge >= 0.3 is 0 Å². The van der Waals surface area contributed by atoms with Gasteiger partial charge in [0, 0.05) is 11.9 Å². The predicted octanol–water partition coefficient (Wildman–Crippen LogP) is 3.79. The lowest BCUT2D eigenvalue weighted by atomic mass is 10.0. The van der Waals surface area contributed by atoms with E-state index < -0.39 is 17.7 Å². The van der Waals surface area contributed by atoms with E-state index in [4.69, 9.17) is 0 Å². The molecule has 1 aromatic heterocycles. The highest BCUT2D eigenvalue weighted by atomic mass is 79.9. The van der Waals surface area contributed by atoms with Crippen molar-refractivity contribution in [2.24, 2.45) is 0 Å². The van der Waals surface area contributed by atoms with Crippen molar-refractivity contribution < 1.29 is 13.9 Å². The van der Waals surface area contributed by atoms with Gasteiger partial charge in [-0.05, 0) is 53.0 Å². The third kappa shape index (κ3) is 3.36. The number of aryl methyl sites for hydroxylation is 1. The van der Waals surface area contributed by atoms with Crippen molar-refractivity contribution in [1.29, 1.82) is 0 Å². The smallest absolute Gasteiger partial charge is 0.146 e. The van der Waals surface area contributed by atoms with Gasteiger partial charge in [-0.1, -0.05) is 6.07 Å². The van der Waals surface area contributed by atoms with E-state index in [1.54, 1.807) is 18.3 Å². The summed E-state index contributed by atoms with van der Waals surface area (Å²) in [5, 5.41) is 9.94. The topological polar surface area (TPSA) is 33.1 Å². The Balaban J connectivity index is 2.12. The van der Waals surface area contributed by atoms with Gasteiger partial charge in [-0.3, -0.25) is 4.98 Å². The summed E-state index contributed by atoms with van der Waals surface area (Å²) in [6.45, 7) is 0. The minimum absolute atomic E-state index is 0.140. The Morgan fingerprint density at radius 3 is 2.68 bits per heavy atom. The fourth-order valence-electron chi connectivity index (χ4n) is 1.82. The van der Waals surface area contributed by atoms with E-state index in [-0.39, 0.29) is 16.5 Å². The van der Waals surface area contributed by atoms with E-state index in [1.165, 1.54) is 6.07 Å². The van der Waals surface area contributed by atoms with Crippen LogP contribution < -0.4 is 0 Å². The van der Waals surface area contributed by atoms with Crippen LogP contribution in [0.25, 0.3) is 0 Å². The lowest BCUT2D eigenvalue weighted by Crippen LogP contribution is -2.06. The van der Waals surface area contributed by atoms with Crippen LogP contribution in [0.1, 0.15) is 23.8 Å². The van der Waals surface area contributed by atoms with Crippen molar-refractivity contribution in [3.8, 4) is 0 Å². The second kappa shape index (κ2) is 6.21. The molecule has 0 radical (unpaired) electrons. The minimum atomic E-state index is -1.19. The molecule has 0 aliphatic carbocycles. The highest BCUT2D eigenvalue weighted by Crippen LogP contribution is 2.28. The molecule has 2 rings (SSSR count). The van der Waals surface area contributed by atoms with Gasteiger partial charge in [-0.15, -0.1) is 0 Å². The molecule has 0 spiro atoms. The van der Waals surface area contributed by atoms with Gasteiger partial charge in [0.15, 0.2) is 0 Å². The summed E-state index contributed by atoms with van der Waals surface area (Å²) in [4.78, 5) is 4.10. The summed E-state index contributed by atoms with van der Waals surface area (Å²) in [6.07, 6.45) is 1.11. The van der Waals surface area contributed by atoms with E-state index in [2.05, 4.69) is 20.9 Å². The maximum Gasteiger partial charge on any atom is 0.146 e. The van der Waals surface area contributed by atoms with Gasteiger partial charge in [0.1, 0.15) is 11.6 Å². The molecule has 0 amide bonds. The molecule has 1 atom stereocenters. The second-order valence-corrected chi connectivity index (χ2v) is 4.99. The lowest BCUT2D eigenvalue weighted by molar-refractivity contribution is 0.157. The molecule has 2 nitrogen and oxygen atoms in total. The Morgan fingerprint density at radius 1 is 1.21 bits per heavy atom. The summed E-state index contributed by atoms with van der Waals surface area (Å²) in [5.41, 5.74) is 0.475. The van der Waals surface area contributed by atoms with Gasteiger partial charge < -0.3 is 5.11 Å². The Bertz CT molecular complexity index is 563. The molecule has 0 aliphatic rings. The Labute approximate surface area is 118 Å². The molecule has 1 aromatic carbocycles. The number of hydrogen-bond donors (Lipinski definition) is 1. The number of rotatable bonds is 4. The maximum atomic E-state index is 13.8. The van der Waals surface area contributed by atoms with Crippen LogP contribution in [0.5, 0.6) is 0 Å². The van der Waals surface area contributed by atoms with Crippen LogP contribution in [0, 0.1) is 11.6 Å². The van der Waals surface area contributed by atoms with E-state index in [1.807, 2.05) is 6.07 Å². The first kappa shape index (κ1) is 14.1. The summed E-state index contributed by atoms with van der Waals surface area (Å²) in [5.74, 6) is -1.50. The molecular formula is C14H12BrF2NO. The Morgan fingerprint density at radius 2 is 2.00 bits per heavy atom. The van der Waals surface area contributed by atoms with Crippen LogP contribution in [-0.4, -0.2) is 10.1 Å². The van der Waals surface area contributed by atoms with Gasteiger partial charge in [-0.2, -0.15) is 0 Å². The summed E-state index contributed by atoms with van der Waals surface area (Å²) >= 11 is 2.98. The lowest BCUT2D eigenvalue weighted by Gasteiger charge is -2.13. The first-order valence-corrected chi connectivity index (χ1v) is 6.60. The van der Waals surface area contributed by atoms with Crippen LogP contribution in [-0.2, 0) is 6.42 Å². The van der Waals surface area contributed by atoms with E-state index in [0.717, 1.165) is 11.8 Å². The fraction of sp³-hybridized carbons (Fsp3) is 0.214. The molecule has 1 unspecified atom stereocenters. The molecule has 0 aliphatic heterocycles. The number of aliphatic hydroxyl groups excluding tert-OH is 1. The number of halogens is 3. The molecule has 0 bridgehead atoms. The molecule has 1 heterocycles. The zero-order chi connectivity index (χ0) is 13.8. The molecule has 0 saturated heterocycles. The predicted molar refractivity (Wildman–Crippen MR) is 71.6 cm³/mol. The number of aromatic nitrogens is 1. The normalized spacial score (nSPS) is 12.4. The minimum Gasteiger partial charge on any atom is -0.388 e. The van der Waals surface area contributed by atoms with Crippen LogP contribution >= 0.6 is 15.9 Å². The van der Waals surface area contributed by atoms with Crippen molar-refractivity contribution in [2.75, 3.05) is 0 Å². The second-order valence-electron chi connectivity index (χ2n) is 4.13. The van der Waals surface area contributed by atoms with Crippen LogP contribution in [0.2, 0.25) is 0 Å². The molecular weight excluding hydrogens is 316 g/mol. The number of nitrogens with zero attached hydrogens (tertiary/aromatic N) is 1. The third-order valence-corrected chi connectivity index (χ3v) is 3.43. The molecule has 100 valence electrons. The Hall–Kier alpha value is -1.33. The van der Waals surface area contributed by atoms with E-state index in [0.29, 0.717) is 6.42 Å². The zero-order valence-electron chi connectivity index (χ0n) is 9.98. The van der Waals surface area contributed by atoms with Crippen molar-refractivity contribution >= 4 is 15.9 Å². The summed E-state index contributed by atoms with van der Waals surface area (Å²) in [7, 11) is 0. The van der Waals surface area contributed by atoms with E-state index >= 15 is 0 Å². The average Bonchev–Trinajstić information content (AvgIpc) is 2.42. The number of pyridine rings is 1. The largest absolute Gasteiger partial charge is 0.388 e. The van der Waals surface area contributed by atoms with Crippen molar-refractivity contribution in [1.82, 2.24) is 4.98 Å². The monoisotopic (exact) mass is 327 g/mol. The highest BCUT2D eigenvalue weighted by molar-refractivity contribution is 9.10. The summed E-state index contributed by atoms with van der Waals surface area (Å²) < 4.78 is 27.5. The van der Waals surface area contributed by atoms with Gasteiger partial charge in [0.25, 0.3) is 0 Å². The molecule has 5 heteroatoms. The average molecular weight is 328 g/mol. The van der Waals surface area contributed by atoms with Crippen molar-refractivity contribution in [2.45, 2.75) is 18.9 Å². The number of benzene rings is 1. The first-order valence-electron chi connectivity index (χ1n) is 5.81. The van der Waals surface area contributed by atoms with Crippen LogP contribution in [0.15, 0.2) is 41.0 Å². The molecule has 1 N–H and O–H groups in total. The summed E-state index contributed by atoms with van der Waals surface area (Å²) in [6, 6.07) is 7.83. The van der Waals surface area contributed by atoms with Crippen LogP contribution in [0.3, 0.4) is 0 Å². The first-order chi connectivity index (χ1) is 9.09. The highest BCUT2D eigenvalue weighted by Gasteiger charge is 2.20. The molecule has 2 aromatic rings. The standard InChI is InChI=1S/C14H12BrF2NO/c15-10-5-6-11(16)13(14(10)17)12(19)7-4-9-3-1-2-8-18-9/h1-3,5-6,8,12,19H,4,7H2. The SMILES string of the molecule is OC(CCc1ccccn1)c1c(F)ccc(Br)c1F. The van der Waals surface area contributed by atoms with Crippen molar-refractivity contribution in [3.63, 3.8) is 0 Å². The fourth-order valence-corrected chi connectivity index (χ4v) is 2.17.